The molecule has 1 aliphatic heterocycles. The van der Waals surface area contributed by atoms with Crippen LogP contribution < -0.4 is 4.90 Å². The first-order chi connectivity index (χ1) is 19.1. The summed E-state index contributed by atoms with van der Waals surface area (Å²) in [6.45, 7) is 15.5. The number of carbonyl (C=O) groups is 2. The van der Waals surface area contributed by atoms with Crippen molar-refractivity contribution in [2.24, 2.45) is 28.6 Å². The molecule has 2 aliphatic carbocycles. The molecule has 7 heteroatoms. The van der Waals surface area contributed by atoms with Gasteiger partial charge in [-0.2, -0.15) is 0 Å². The molecule has 40 heavy (non-hydrogen) atoms. The average molecular weight is 573 g/mol. The van der Waals surface area contributed by atoms with Crippen molar-refractivity contribution in [3.05, 3.63) is 41.4 Å². The number of anilines is 1. The van der Waals surface area contributed by atoms with Gasteiger partial charge in [-0.3, -0.25) is 14.5 Å². The van der Waals surface area contributed by atoms with E-state index in [1.807, 2.05) is 24.3 Å². The number of esters is 2. The molecule has 1 saturated heterocycles. The Hall–Kier alpha value is -2.05. The molecule has 0 bridgehead atoms. The van der Waals surface area contributed by atoms with E-state index >= 15 is 0 Å². The van der Waals surface area contributed by atoms with Gasteiger partial charge in [0.1, 0.15) is 0 Å². The number of fused-ring (bicyclic) bond motifs is 1. The lowest BCUT2D eigenvalue weighted by Crippen LogP contribution is -2.53. The van der Waals surface area contributed by atoms with Crippen molar-refractivity contribution in [1.29, 1.82) is 0 Å². The van der Waals surface area contributed by atoms with E-state index in [1.165, 1.54) is 18.4 Å². The fraction of sp³-hybridized carbons (Fsp3) is 0.697. The van der Waals surface area contributed by atoms with E-state index in [1.54, 1.807) is 0 Å². The summed E-state index contributed by atoms with van der Waals surface area (Å²) in [4.78, 5) is 29.9. The third-order valence-electron chi connectivity index (χ3n) is 10.4. The number of methoxy groups -OCH3 is 1. The second kappa shape index (κ2) is 13.3. The quantitative estimate of drug-likeness (QED) is 0.228. The summed E-state index contributed by atoms with van der Waals surface area (Å²) in [5.74, 6) is 1.04. The highest BCUT2D eigenvalue weighted by Gasteiger charge is 2.57. The van der Waals surface area contributed by atoms with Crippen LogP contribution in [0.3, 0.4) is 0 Å². The van der Waals surface area contributed by atoms with Crippen molar-refractivity contribution >= 4 is 29.2 Å². The summed E-state index contributed by atoms with van der Waals surface area (Å²) >= 11 is 6.01. The Bertz CT molecular complexity index is 1040. The van der Waals surface area contributed by atoms with Gasteiger partial charge in [-0.25, -0.2) is 0 Å². The number of rotatable bonds is 10. The van der Waals surface area contributed by atoms with Crippen LogP contribution in [0.2, 0.25) is 5.02 Å². The molecular formula is C33H49ClN2O4. The van der Waals surface area contributed by atoms with Crippen LogP contribution in [-0.4, -0.2) is 63.3 Å². The van der Waals surface area contributed by atoms with E-state index in [0.29, 0.717) is 30.9 Å². The third kappa shape index (κ3) is 6.87. The maximum atomic E-state index is 12.8. The highest BCUT2D eigenvalue weighted by Crippen LogP contribution is 2.62. The normalized spacial score (nSPS) is 29.9. The minimum absolute atomic E-state index is 0.0479. The third-order valence-corrected chi connectivity index (χ3v) is 10.7. The lowest BCUT2D eigenvalue weighted by Gasteiger charge is -2.57. The number of nitrogens with zero attached hydrogens (tertiary/aromatic N) is 2. The molecule has 0 spiro atoms. The van der Waals surface area contributed by atoms with Gasteiger partial charge in [0, 0.05) is 36.9 Å². The summed E-state index contributed by atoms with van der Waals surface area (Å²) in [6.07, 6.45) is 8.17. The van der Waals surface area contributed by atoms with Crippen molar-refractivity contribution in [3.8, 4) is 0 Å². The molecular weight excluding hydrogens is 524 g/mol. The second-order valence-corrected chi connectivity index (χ2v) is 13.4. The van der Waals surface area contributed by atoms with Gasteiger partial charge in [0.05, 0.1) is 25.7 Å². The van der Waals surface area contributed by atoms with Crippen LogP contribution >= 0.6 is 11.6 Å². The Labute approximate surface area is 246 Å². The van der Waals surface area contributed by atoms with E-state index < -0.39 is 5.41 Å². The SMILES string of the molecule is C=C1CC[C@@H]2[C@](C)(CCC[C@]2(C)C(=O)OC)[C@H]1CC[C@H](C)CCOC(=O)CN1CCN(c2ccc(Cl)cc2)CC1. The molecule has 1 aromatic carbocycles. The number of piperazine rings is 1. The summed E-state index contributed by atoms with van der Waals surface area (Å²) in [6, 6.07) is 7.93. The van der Waals surface area contributed by atoms with Crippen molar-refractivity contribution < 1.29 is 19.1 Å². The summed E-state index contributed by atoms with van der Waals surface area (Å²) < 4.78 is 10.9. The Morgan fingerprint density at radius 2 is 1.80 bits per heavy atom. The van der Waals surface area contributed by atoms with Gasteiger partial charge in [-0.1, -0.05) is 44.0 Å². The summed E-state index contributed by atoms with van der Waals surface area (Å²) in [5, 5.41) is 0.745. The number of allylic oxidation sites excluding steroid dienone is 1. The molecule has 0 N–H and O–H groups in total. The first-order valence-electron chi connectivity index (χ1n) is 15.2. The predicted octanol–water partition coefficient (Wildman–Crippen LogP) is 6.76. The number of carbonyl (C=O) groups excluding carboxylic acids is 2. The minimum Gasteiger partial charge on any atom is -0.469 e. The van der Waals surface area contributed by atoms with E-state index in [9.17, 15) is 9.59 Å². The summed E-state index contributed by atoms with van der Waals surface area (Å²) in [7, 11) is 1.52. The van der Waals surface area contributed by atoms with Crippen LogP contribution in [0, 0.1) is 28.6 Å². The molecule has 6 nitrogen and oxygen atoms in total. The molecule has 0 amide bonds. The number of hydrogen-bond donors (Lipinski definition) is 0. The molecule has 5 atom stereocenters. The first kappa shape index (κ1) is 30.9. The summed E-state index contributed by atoms with van der Waals surface area (Å²) in [5.41, 5.74) is 2.20. The molecule has 2 saturated carbocycles. The van der Waals surface area contributed by atoms with E-state index in [-0.39, 0.29) is 17.4 Å². The highest BCUT2D eigenvalue weighted by atomic mass is 35.5. The molecule has 1 aromatic rings. The fourth-order valence-electron chi connectivity index (χ4n) is 7.97. The predicted molar refractivity (Wildman–Crippen MR) is 162 cm³/mol. The smallest absolute Gasteiger partial charge is 0.320 e. The molecule has 1 heterocycles. The lowest BCUT2D eigenvalue weighted by molar-refractivity contribution is -0.168. The molecule has 222 valence electrons. The fourth-order valence-corrected chi connectivity index (χ4v) is 8.10. The van der Waals surface area contributed by atoms with Crippen molar-refractivity contribution in [3.63, 3.8) is 0 Å². The van der Waals surface area contributed by atoms with Crippen molar-refractivity contribution in [2.45, 2.75) is 72.1 Å². The van der Waals surface area contributed by atoms with Gasteiger partial charge < -0.3 is 14.4 Å². The van der Waals surface area contributed by atoms with Gasteiger partial charge >= 0.3 is 11.9 Å². The van der Waals surface area contributed by atoms with Gasteiger partial charge in [0.2, 0.25) is 0 Å². The minimum atomic E-state index is -0.400. The van der Waals surface area contributed by atoms with Gasteiger partial charge in [-0.15, -0.1) is 0 Å². The largest absolute Gasteiger partial charge is 0.469 e. The van der Waals surface area contributed by atoms with Gasteiger partial charge in [-0.05, 0) is 99.3 Å². The van der Waals surface area contributed by atoms with Crippen molar-refractivity contribution in [2.75, 3.05) is 51.3 Å². The topological polar surface area (TPSA) is 59.1 Å². The van der Waals surface area contributed by atoms with Crippen LogP contribution in [0.15, 0.2) is 36.4 Å². The molecule has 3 aliphatic rings. The number of benzene rings is 1. The number of halogens is 1. The Morgan fingerprint density at radius 3 is 2.48 bits per heavy atom. The zero-order chi connectivity index (χ0) is 28.9. The number of ether oxygens (including phenoxy) is 2. The van der Waals surface area contributed by atoms with E-state index in [4.69, 9.17) is 21.1 Å². The van der Waals surface area contributed by atoms with Crippen LogP contribution in [0.4, 0.5) is 5.69 Å². The molecule has 0 aromatic heterocycles. The maximum Gasteiger partial charge on any atom is 0.320 e. The molecule has 4 rings (SSSR count). The standard InChI is InChI=1S/C33H49ClN2O4/c1-24(7-13-28-25(2)8-14-29-32(28,3)16-6-17-33(29,4)31(38)39-5)15-22-40-30(37)23-35-18-20-36(21-19-35)27-11-9-26(34)10-12-27/h9-12,24,28-29H,2,6-8,13-23H2,1,3-5H3/t24-,28-,29+,32+,33-/m0/s1. The Kier molecular flexibility index (Phi) is 10.3. The van der Waals surface area contributed by atoms with E-state index in [0.717, 1.165) is 82.6 Å². The first-order valence-corrected chi connectivity index (χ1v) is 15.6. The van der Waals surface area contributed by atoms with Crippen LogP contribution in [0.1, 0.15) is 72.1 Å². The molecule has 3 fully saturated rings. The highest BCUT2D eigenvalue weighted by molar-refractivity contribution is 6.30. The van der Waals surface area contributed by atoms with Crippen LogP contribution in [-0.2, 0) is 19.1 Å². The molecule has 0 radical (unpaired) electrons. The zero-order valence-electron chi connectivity index (χ0n) is 25.1. The zero-order valence-corrected chi connectivity index (χ0v) is 25.8. The Balaban J connectivity index is 1.18. The average Bonchev–Trinajstić information content (AvgIpc) is 2.93. The van der Waals surface area contributed by atoms with Crippen molar-refractivity contribution in [1.82, 2.24) is 4.90 Å². The van der Waals surface area contributed by atoms with Crippen LogP contribution in [0.5, 0.6) is 0 Å². The number of hydrogen-bond acceptors (Lipinski definition) is 6. The second-order valence-electron chi connectivity index (χ2n) is 13.0. The monoisotopic (exact) mass is 572 g/mol. The lowest BCUT2D eigenvalue weighted by atomic mass is 9.46. The maximum absolute atomic E-state index is 12.8. The van der Waals surface area contributed by atoms with Gasteiger partial charge in [0.15, 0.2) is 0 Å². The van der Waals surface area contributed by atoms with Gasteiger partial charge in [0.25, 0.3) is 0 Å². The van der Waals surface area contributed by atoms with Crippen LogP contribution in [0.25, 0.3) is 0 Å². The van der Waals surface area contributed by atoms with E-state index in [2.05, 4.69) is 37.1 Å². The Morgan fingerprint density at radius 1 is 1.10 bits per heavy atom. The molecule has 0 unspecified atom stereocenters.